The second-order valence-electron chi connectivity index (χ2n) is 4.84. The van der Waals surface area contributed by atoms with E-state index in [1.54, 1.807) is 7.11 Å². The fourth-order valence-electron chi connectivity index (χ4n) is 1.93. The number of ether oxygens (including phenoxy) is 4. The molecule has 0 N–H and O–H groups in total. The summed E-state index contributed by atoms with van der Waals surface area (Å²) in [5.41, 5.74) is 0. The molecule has 1 fully saturated rings. The monoisotopic (exact) mass is 324 g/mol. The predicted molar refractivity (Wildman–Crippen MR) is 75.9 cm³/mol. The van der Waals surface area contributed by atoms with Crippen LogP contribution in [0.3, 0.4) is 0 Å². The van der Waals surface area contributed by atoms with Gasteiger partial charge in [-0.1, -0.05) is 0 Å². The largest absolute Gasteiger partial charge is 0.465 e. The Morgan fingerprint density at radius 1 is 1.14 bits per heavy atom. The third-order valence-corrected chi connectivity index (χ3v) is 4.77. The second kappa shape index (κ2) is 10.1. The average molecular weight is 324 g/mol. The first kappa shape index (κ1) is 18.3. The highest BCUT2D eigenvalue weighted by Gasteiger charge is 2.29. The van der Waals surface area contributed by atoms with E-state index in [1.165, 1.54) is 0 Å². The van der Waals surface area contributed by atoms with Crippen molar-refractivity contribution in [3.63, 3.8) is 0 Å². The Morgan fingerprint density at radius 3 is 2.48 bits per heavy atom. The minimum Gasteiger partial charge on any atom is -0.465 e. The van der Waals surface area contributed by atoms with Crippen LogP contribution >= 0.6 is 0 Å². The van der Waals surface area contributed by atoms with Crippen LogP contribution in [0.15, 0.2) is 0 Å². The molecule has 1 rings (SSSR count). The van der Waals surface area contributed by atoms with E-state index in [1.807, 2.05) is 0 Å². The topological polar surface area (TPSA) is 88.1 Å². The second-order valence-corrected chi connectivity index (χ2v) is 7.07. The fraction of sp³-hybridized carbons (Fsp3) is 0.923. The number of methoxy groups -OCH3 is 1. The molecule has 0 spiro atoms. The molecular weight excluding hydrogens is 300 g/mol. The Hall–Kier alpha value is -0.700. The van der Waals surface area contributed by atoms with Crippen molar-refractivity contribution in [2.24, 2.45) is 5.92 Å². The van der Waals surface area contributed by atoms with Crippen LogP contribution in [0.4, 0.5) is 0 Å². The van der Waals surface area contributed by atoms with Gasteiger partial charge in [0.15, 0.2) is 9.84 Å². The van der Waals surface area contributed by atoms with Crippen LogP contribution in [0.1, 0.15) is 12.8 Å². The van der Waals surface area contributed by atoms with E-state index in [0.717, 1.165) is 6.42 Å². The molecule has 1 heterocycles. The highest BCUT2D eigenvalue weighted by atomic mass is 32.2. The third-order valence-electron chi connectivity index (χ3n) is 3.07. The Morgan fingerprint density at radius 2 is 1.81 bits per heavy atom. The van der Waals surface area contributed by atoms with Crippen LogP contribution in [0.5, 0.6) is 0 Å². The van der Waals surface area contributed by atoms with Crippen LogP contribution < -0.4 is 0 Å². The van der Waals surface area contributed by atoms with Crippen molar-refractivity contribution in [1.29, 1.82) is 0 Å². The molecule has 0 radical (unpaired) electrons. The summed E-state index contributed by atoms with van der Waals surface area (Å²) in [7, 11) is -1.71. The number of hydrogen-bond acceptors (Lipinski definition) is 7. The maximum absolute atomic E-state index is 11.9. The maximum atomic E-state index is 11.9. The van der Waals surface area contributed by atoms with Gasteiger partial charge in [0.1, 0.15) is 0 Å². The van der Waals surface area contributed by atoms with Gasteiger partial charge in [0.05, 0.1) is 57.1 Å². The van der Waals surface area contributed by atoms with Gasteiger partial charge in [-0.25, -0.2) is 8.42 Å². The van der Waals surface area contributed by atoms with Crippen LogP contribution in [-0.2, 0) is 33.6 Å². The smallest absolute Gasteiger partial charge is 0.309 e. The number of carbonyl (C=O) groups is 1. The summed E-state index contributed by atoms with van der Waals surface area (Å²) < 4.78 is 43.8. The minimum absolute atomic E-state index is 0.0884. The van der Waals surface area contributed by atoms with Crippen molar-refractivity contribution in [3.05, 3.63) is 0 Å². The molecule has 0 aromatic rings. The molecule has 0 amide bonds. The van der Waals surface area contributed by atoms with Crippen molar-refractivity contribution in [1.82, 2.24) is 0 Å². The summed E-state index contributed by atoms with van der Waals surface area (Å²) in [5.74, 6) is -1.17. The normalized spacial score (nSPS) is 19.5. The van der Waals surface area contributed by atoms with Gasteiger partial charge in [0.25, 0.3) is 0 Å². The van der Waals surface area contributed by atoms with Crippen LogP contribution in [0.25, 0.3) is 0 Å². The van der Waals surface area contributed by atoms with Gasteiger partial charge in [-0.3, -0.25) is 4.79 Å². The van der Waals surface area contributed by atoms with Gasteiger partial charge >= 0.3 is 5.97 Å². The molecule has 0 aromatic heterocycles. The summed E-state index contributed by atoms with van der Waals surface area (Å²) >= 11 is 0. The van der Waals surface area contributed by atoms with Crippen LogP contribution in [0, 0.1) is 5.92 Å². The van der Waals surface area contributed by atoms with Crippen molar-refractivity contribution in [2.45, 2.75) is 12.8 Å². The molecule has 0 aliphatic carbocycles. The molecule has 1 saturated heterocycles. The predicted octanol–water partition coefficient (Wildman–Crippen LogP) is 0.0340. The van der Waals surface area contributed by atoms with Gasteiger partial charge < -0.3 is 18.9 Å². The molecule has 7 nitrogen and oxygen atoms in total. The number of rotatable bonds is 11. The Labute approximate surface area is 125 Å². The van der Waals surface area contributed by atoms with E-state index in [2.05, 4.69) is 0 Å². The van der Waals surface area contributed by atoms with Crippen molar-refractivity contribution in [3.8, 4) is 0 Å². The number of hydrogen-bond donors (Lipinski definition) is 0. The molecule has 0 aromatic carbocycles. The standard InChI is InChI=1S/C13H24O7S/c1-17-5-6-18-7-8-19-9-10-21(15,16)11-12-3-2-4-20-13(12)14/h12H,2-11H2,1H3. The lowest BCUT2D eigenvalue weighted by Crippen LogP contribution is -2.31. The zero-order valence-electron chi connectivity index (χ0n) is 12.4. The molecule has 1 aliphatic heterocycles. The first-order chi connectivity index (χ1) is 10.0. The lowest BCUT2D eigenvalue weighted by Gasteiger charge is -2.20. The summed E-state index contributed by atoms with van der Waals surface area (Å²) in [6, 6.07) is 0. The van der Waals surface area contributed by atoms with E-state index in [-0.39, 0.29) is 18.1 Å². The Balaban J connectivity index is 2.11. The van der Waals surface area contributed by atoms with E-state index >= 15 is 0 Å². The molecular formula is C13H24O7S. The third kappa shape index (κ3) is 8.35. The zero-order chi connectivity index (χ0) is 15.6. The van der Waals surface area contributed by atoms with Crippen molar-refractivity contribution < 1.29 is 32.2 Å². The Bertz CT molecular complexity index is 393. The van der Waals surface area contributed by atoms with E-state index in [0.29, 0.717) is 39.5 Å². The number of carbonyl (C=O) groups excluding carboxylic acids is 1. The number of cyclic esters (lactones) is 1. The lowest BCUT2D eigenvalue weighted by atomic mass is 10.0. The fourth-order valence-corrected chi connectivity index (χ4v) is 3.38. The molecule has 124 valence electrons. The molecule has 1 aliphatic rings. The molecule has 8 heteroatoms. The van der Waals surface area contributed by atoms with Gasteiger partial charge in [0.2, 0.25) is 0 Å². The lowest BCUT2D eigenvalue weighted by molar-refractivity contribution is -0.151. The zero-order valence-corrected chi connectivity index (χ0v) is 13.2. The first-order valence-corrected chi connectivity index (χ1v) is 8.89. The number of esters is 1. The van der Waals surface area contributed by atoms with Gasteiger partial charge in [0, 0.05) is 7.11 Å². The van der Waals surface area contributed by atoms with Crippen LogP contribution in [-0.4, -0.2) is 72.6 Å². The molecule has 0 bridgehead atoms. The van der Waals surface area contributed by atoms with E-state index in [4.69, 9.17) is 18.9 Å². The maximum Gasteiger partial charge on any atom is 0.309 e. The van der Waals surface area contributed by atoms with Crippen molar-refractivity contribution >= 4 is 15.8 Å². The van der Waals surface area contributed by atoms with Crippen LogP contribution in [0.2, 0.25) is 0 Å². The highest BCUT2D eigenvalue weighted by molar-refractivity contribution is 7.91. The highest BCUT2D eigenvalue weighted by Crippen LogP contribution is 2.17. The molecule has 21 heavy (non-hydrogen) atoms. The minimum atomic E-state index is -3.30. The number of sulfone groups is 1. The molecule has 1 atom stereocenters. The summed E-state index contributed by atoms with van der Waals surface area (Å²) in [5, 5.41) is 0. The molecule has 0 saturated carbocycles. The molecule has 1 unspecified atom stereocenters. The van der Waals surface area contributed by atoms with Crippen molar-refractivity contribution in [2.75, 3.05) is 58.3 Å². The SMILES string of the molecule is COCCOCCOCCS(=O)(=O)CC1CCCOC1=O. The summed E-state index contributed by atoms with van der Waals surface area (Å²) in [6.45, 7) is 2.25. The first-order valence-electron chi connectivity index (χ1n) is 7.06. The van der Waals surface area contributed by atoms with E-state index in [9.17, 15) is 13.2 Å². The van der Waals surface area contributed by atoms with Gasteiger partial charge in [-0.2, -0.15) is 0 Å². The Kier molecular flexibility index (Phi) is 8.82. The van der Waals surface area contributed by atoms with E-state index < -0.39 is 21.7 Å². The quantitative estimate of drug-likeness (QED) is 0.391. The summed E-state index contributed by atoms with van der Waals surface area (Å²) in [4.78, 5) is 11.4. The average Bonchev–Trinajstić information content (AvgIpc) is 2.44. The summed E-state index contributed by atoms with van der Waals surface area (Å²) in [6.07, 6.45) is 1.30. The van der Waals surface area contributed by atoms with Gasteiger partial charge in [-0.05, 0) is 12.8 Å². The van der Waals surface area contributed by atoms with Gasteiger partial charge in [-0.15, -0.1) is 0 Å².